The van der Waals surface area contributed by atoms with Crippen LogP contribution in [0.2, 0.25) is 0 Å². The molecule has 32 heavy (non-hydrogen) atoms. The minimum atomic E-state index is 0.00758. The van der Waals surface area contributed by atoms with Gasteiger partial charge in [0, 0.05) is 29.2 Å². The Morgan fingerprint density at radius 2 is 2.03 bits per heavy atom. The van der Waals surface area contributed by atoms with Crippen molar-refractivity contribution in [3.05, 3.63) is 53.7 Å². The average Bonchev–Trinajstić information content (AvgIpc) is 3.60. The predicted molar refractivity (Wildman–Crippen MR) is 131 cm³/mol. The fourth-order valence-electron chi connectivity index (χ4n) is 3.84. The Morgan fingerprint density at radius 3 is 2.81 bits per heavy atom. The molecule has 6 nitrogen and oxygen atoms in total. The Hall–Kier alpha value is -2.99. The van der Waals surface area contributed by atoms with Crippen LogP contribution in [0.1, 0.15) is 55.5 Å². The molecule has 0 radical (unpaired) electrons. The topological polar surface area (TPSA) is 78.9 Å². The van der Waals surface area contributed by atoms with Crippen molar-refractivity contribution in [3.8, 4) is 11.1 Å². The van der Waals surface area contributed by atoms with E-state index in [4.69, 9.17) is 4.98 Å². The lowest BCUT2D eigenvalue weighted by Crippen LogP contribution is -2.25. The zero-order chi connectivity index (χ0) is 22.5. The minimum Gasteiger partial charge on any atom is -0.352 e. The number of nitrogens with one attached hydrogen (secondary N) is 3. The van der Waals surface area contributed by atoms with Gasteiger partial charge in [-0.2, -0.15) is 0 Å². The van der Waals surface area contributed by atoms with Crippen LogP contribution in [-0.2, 0) is 0 Å². The van der Waals surface area contributed by atoms with Crippen molar-refractivity contribution in [1.29, 1.82) is 0 Å². The van der Waals surface area contributed by atoms with Gasteiger partial charge in [0.2, 0.25) is 5.95 Å². The van der Waals surface area contributed by atoms with Gasteiger partial charge in [0.05, 0.1) is 5.52 Å². The Bertz CT molecular complexity index is 1090. The first-order chi connectivity index (χ1) is 15.5. The average molecular weight is 432 g/mol. The second kappa shape index (κ2) is 10.1. The van der Waals surface area contributed by atoms with E-state index in [2.05, 4.69) is 53.8 Å². The molecule has 0 aliphatic heterocycles. The molecular weight excluding hydrogens is 398 g/mol. The fourth-order valence-corrected chi connectivity index (χ4v) is 3.84. The molecule has 1 saturated carbocycles. The van der Waals surface area contributed by atoms with Gasteiger partial charge in [-0.25, -0.2) is 9.97 Å². The number of carbonyl (C=O) groups is 1. The van der Waals surface area contributed by atoms with Gasteiger partial charge < -0.3 is 16.0 Å². The van der Waals surface area contributed by atoms with Crippen molar-refractivity contribution in [3.63, 3.8) is 0 Å². The molecule has 0 saturated heterocycles. The monoisotopic (exact) mass is 431 g/mol. The molecule has 0 spiro atoms. The molecule has 6 heteroatoms. The van der Waals surface area contributed by atoms with Crippen LogP contribution in [0.3, 0.4) is 0 Å². The predicted octanol–water partition coefficient (Wildman–Crippen LogP) is 4.69. The summed E-state index contributed by atoms with van der Waals surface area (Å²) in [6.07, 6.45) is 6.23. The maximum absolute atomic E-state index is 12.5. The van der Waals surface area contributed by atoms with E-state index in [0.29, 0.717) is 23.6 Å². The molecule has 1 aliphatic carbocycles. The van der Waals surface area contributed by atoms with Crippen molar-refractivity contribution in [1.82, 2.24) is 20.6 Å². The molecule has 1 unspecified atom stereocenters. The first kappa shape index (κ1) is 22.2. The highest BCUT2D eigenvalue weighted by molar-refractivity contribution is 5.96. The molecule has 2 aromatic carbocycles. The van der Waals surface area contributed by atoms with E-state index in [9.17, 15) is 4.79 Å². The van der Waals surface area contributed by atoms with Gasteiger partial charge in [-0.15, -0.1) is 0 Å². The number of hydrogen-bond donors (Lipinski definition) is 3. The van der Waals surface area contributed by atoms with E-state index in [1.165, 1.54) is 0 Å². The van der Waals surface area contributed by atoms with Crippen LogP contribution in [0.5, 0.6) is 0 Å². The number of carbonyl (C=O) groups excluding carboxylic acids is 1. The summed E-state index contributed by atoms with van der Waals surface area (Å²) < 4.78 is 0. The molecule has 1 atom stereocenters. The van der Waals surface area contributed by atoms with Gasteiger partial charge in [0.1, 0.15) is 0 Å². The number of anilines is 1. The summed E-state index contributed by atoms with van der Waals surface area (Å²) in [6.45, 7) is 8.41. The Balaban J connectivity index is 1.49. The largest absolute Gasteiger partial charge is 0.352 e. The Labute approximate surface area is 190 Å². The van der Waals surface area contributed by atoms with Gasteiger partial charge >= 0.3 is 0 Å². The third-order valence-corrected chi connectivity index (χ3v) is 5.92. The molecule has 0 bridgehead atoms. The quantitative estimate of drug-likeness (QED) is 0.406. The number of aryl methyl sites for hydroxylation is 1. The van der Waals surface area contributed by atoms with Crippen LogP contribution in [0.4, 0.5) is 5.95 Å². The van der Waals surface area contributed by atoms with Crippen LogP contribution < -0.4 is 16.0 Å². The lowest BCUT2D eigenvalue weighted by molar-refractivity contribution is 0.0951. The van der Waals surface area contributed by atoms with Crippen molar-refractivity contribution in [2.75, 3.05) is 18.4 Å². The molecular formula is C26H33N5O. The Morgan fingerprint density at radius 1 is 1.19 bits per heavy atom. The molecule has 1 fully saturated rings. The van der Waals surface area contributed by atoms with Gasteiger partial charge in [-0.1, -0.05) is 19.1 Å². The minimum absolute atomic E-state index is 0.00758. The van der Waals surface area contributed by atoms with Crippen molar-refractivity contribution in [2.45, 2.75) is 58.5 Å². The second-order valence-corrected chi connectivity index (χ2v) is 8.79. The molecule has 3 aromatic rings. The van der Waals surface area contributed by atoms with Gasteiger partial charge in [-0.3, -0.25) is 4.79 Å². The molecule has 1 aliphatic rings. The smallest absolute Gasteiger partial charge is 0.251 e. The van der Waals surface area contributed by atoms with Crippen LogP contribution in [0, 0.1) is 6.92 Å². The van der Waals surface area contributed by atoms with Crippen LogP contribution in [0.25, 0.3) is 22.0 Å². The zero-order valence-corrected chi connectivity index (χ0v) is 19.2. The number of hydrogen-bond acceptors (Lipinski definition) is 5. The van der Waals surface area contributed by atoms with Gasteiger partial charge in [0.15, 0.2) is 0 Å². The molecule has 1 aromatic heterocycles. The van der Waals surface area contributed by atoms with E-state index < -0.39 is 0 Å². The summed E-state index contributed by atoms with van der Waals surface area (Å²) in [5.74, 6) is 0.671. The highest BCUT2D eigenvalue weighted by Crippen LogP contribution is 2.28. The van der Waals surface area contributed by atoms with Crippen molar-refractivity contribution < 1.29 is 4.79 Å². The maximum Gasteiger partial charge on any atom is 0.251 e. The highest BCUT2D eigenvalue weighted by atomic mass is 16.1. The highest BCUT2D eigenvalue weighted by Gasteiger charge is 2.24. The lowest BCUT2D eigenvalue weighted by atomic mass is 9.97. The van der Waals surface area contributed by atoms with E-state index in [1.54, 1.807) is 0 Å². The van der Waals surface area contributed by atoms with Crippen LogP contribution >= 0.6 is 0 Å². The summed E-state index contributed by atoms with van der Waals surface area (Å²) in [6, 6.07) is 12.8. The first-order valence-corrected chi connectivity index (χ1v) is 11.7. The fraction of sp³-hybridized carbons (Fsp3) is 0.423. The van der Waals surface area contributed by atoms with E-state index in [0.717, 1.165) is 66.4 Å². The molecule has 4 rings (SSSR count). The van der Waals surface area contributed by atoms with Gasteiger partial charge in [-0.05, 0) is 93.6 Å². The number of amides is 1. The Kier molecular flexibility index (Phi) is 7.00. The van der Waals surface area contributed by atoms with E-state index in [-0.39, 0.29) is 5.91 Å². The third-order valence-electron chi connectivity index (χ3n) is 5.92. The molecule has 1 heterocycles. The van der Waals surface area contributed by atoms with Crippen molar-refractivity contribution in [2.24, 2.45) is 0 Å². The number of fused-ring (bicyclic) bond motifs is 1. The standard InChI is InChI=1S/C26H33N5O/c1-4-27-13-5-6-18(3)29-26-28-16-21-14-19(9-12-24(21)31-26)23-15-20(8-7-17(23)2)25(32)30-22-10-11-22/h7-9,12,14-16,18,22,27H,4-6,10-11,13H2,1-3H3,(H,30,32)(H,28,29,31). The van der Waals surface area contributed by atoms with Crippen LogP contribution in [-0.4, -0.2) is 41.0 Å². The summed E-state index contributed by atoms with van der Waals surface area (Å²) >= 11 is 0. The maximum atomic E-state index is 12.5. The summed E-state index contributed by atoms with van der Waals surface area (Å²) in [5.41, 5.74) is 4.88. The van der Waals surface area contributed by atoms with E-state index in [1.807, 2.05) is 30.5 Å². The molecule has 1 amide bonds. The lowest BCUT2D eigenvalue weighted by Gasteiger charge is -2.14. The summed E-state index contributed by atoms with van der Waals surface area (Å²) in [4.78, 5) is 21.7. The summed E-state index contributed by atoms with van der Waals surface area (Å²) in [5, 5.41) is 10.8. The number of nitrogens with zero attached hydrogens (tertiary/aromatic N) is 2. The number of aromatic nitrogens is 2. The number of rotatable bonds is 10. The van der Waals surface area contributed by atoms with E-state index >= 15 is 0 Å². The van der Waals surface area contributed by atoms with Crippen LogP contribution in [0.15, 0.2) is 42.6 Å². The molecule has 168 valence electrons. The second-order valence-electron chi connectivity index (χ2n) is 8.79. The SMILES string of the molecule is CCNCCCC(C)Nc1ncc2cc(-c3cc(C(=O)NC4CC4)ccc3C)ccc2n1. The normalized spacial score (nSPS) is 14.3. The number of benzene rings is 2. The zero-order valence-electron chi connectivity index (χ0n) is 19.2. The summed E-state index contributed by atoms with van der Waals surface area (Å²) in [7, 11) is 0. The van der Waals surface area contributed by atoms with Gasteiger partial charge in [0.25, 0.3) is 5.91 Å². The molecule has 3 N–H and O–H groups in total. The van der Waals surface area contributed by atoms with Crippen molar-refractivity contribution >= 4 is 22.8 Å². The third kappa shape index (κ3) is 5.62. The first-order valence-electron chi connectivity index (χ1n) is 11.7.